The highest BCUT2D eigenvalue weighted by atomic mass is 79.9. The Morgan fingerprint density at radius 2 is 1.80 bits per heavy atom. The number of anilines is 4. The first-order valence-corrected chi connectivity index (χ1v) is 9.39. The molecule has 3 aromatic rings. The zero-order chi connectivity index (χ0) is 21.9. The molecule has 2 aromatic carbocycles. The largest absolute Gasteiger partial charge is 0.417 e. The van der Waals surface area contributed by atoms with Crippen molar-refractivity contribution >= 4 is 56.4 Å². The van der Waals surface area contributed by atoms with Crippen LogP contribution in [0.2, 0.25) is 5.02 Å². The minimum absolute atomic E-state index is 0.0200. The van der Waals surface area contributed by atoms with Crippen LogP contribution in [0.5, 0.6) is 0 Å². The fourth-order valence-corrected chi connectivity index (χ4v) is 3.07. The van der Waals surface area contributed by atoms with E-state index in [1.807, 2.05) is 0 Å². The van der Waals surface area contributed by atoms with Gasteiger partial charge in [-0.1, -0.05) is 23.7 Å². The molecule has 0 spiro atoms. The molecule has 1 aromatic heterocycles. The summed E-state index contributed by atoms with van der Waals surface area (Å²) in [6.07, 6.45) is -3.49. The molecule has 0 unspecified atom stereocenters. The fourth-order valence-electron chi connectivity index (χ4n) is 2.38. The molecular formula is C18H13BrClF3N6O. The maximum absolute atomic E-state index is 13.0. The highest BCUT2D eigenvalue weighted by molar-refractivity contribution is 9.10. The molecule has 0 saturated heterocycles. The molecule has 0 aliphatic rings. The molecule has 0 aliphatic carbocycles. The normalized spacial score (nSPS) is 11.1. The number of nitrogens with zero attached hydrogens (tertiary/aromatic N) is 2. The summed E-state index contributed by atoms with van der Waals surface area (Å²) in [5.74, 6) is -0.362. The van der Waals surface area contributed by atoms with Crippen molar-refractivity contribution < 1.29 is 18.0 Å². The monoisotopic (exact) mass is 500 g/mol. The van der Waals surface area contributed by atoms with Crippen LogP contribution in [0, 0.1) is 0 Å². The number of nitrogens with two attached hydrogens (primary N) is 1. The Kier molecular flexibility index (Phi) is 6.32. The van der Waals surface area contributed by atoms with Crippen LogP contribution in [-0.2, 0) is 6.18 Å². The zero-order valence-electron chi connectivity index (χ0n) is 14.9. The van der Waals surface area contributed by atoms with Gasteiger partial charge in [0.05, 0.1) is 16.1 Å². The molecule has 0 aliphatic heterocycles. The summed E-state index contributed by atoms with van der Waals surface area (Å²) in [6, 6.07) is 10.1. The SMILES string of the molecule is Nc1c(NNC(=O)c2ccccc2Br)ncnc1Nc1ccc(Cl)c(C(F)(F)F)c1. The van der Waals surface area contributed by atoms with Crippen molar-refractivity contribution in [1.82, 2.24) is 15.4 Å². The number of rotatable bonds is 5. The van der Waals surface area contributed by atoms with Crippen molar-refractivity contribution in [2.75, 3.05) is 16.5 Å². The van der Waals surface area contributed by atoms with E-state index in [2.05, 4.69) is 42.1 Å². The third-order valence-corrected chi connectivity index (χ3v) is 4.85. The third-order valence-electron chi connectivity index (χ3n) is 3.83. The second kappa shape index (κ2) is 8.76. The van der Waals surface area contributed by atoms with E-state index in [0.29, 0.717) is 10.0 Å². The van der Waals surface area contributed by atoms with Crippen molar-refractivity contribution in [2.24, 2.45) is 0 Å². The van der Waals surface area contributed by atoms with Crippen LogP contribution in [0.3, 0.4) is 0 Å². The summed E-state index contributed by atoms with van der Waals surface area (Å²) in [5.41, 5.74) is 10.4. The van der Waals surface area contributed by atoms with Gasteiger partial charge in [0.15, 0.2) is 11.6 Å². The van der Waals surface area contributed by atoms with Crippen LogP contribution in [0.25, 0.3) is 0 Å². The summed E-state index contributed by atoms with van der Waals surface area (Å²) in [6.45, 7) is 0. The Morgan fingerprint density at radius 1 is 1.10 bits per heavy atom. The molecule has 156 valence electrons. The van der Waals surface area contributed by atoms with Crippen LogP contribution < -0.4 is 21.9 Å². The van der Waals surface area contributed by atoms with Crippen LogP contribution in [0.4, 0.5) is 36.2 Å². The number of aromatic nitrogens is 2. The average molecular weight is 502 g/mol. The molecule has 0 bridgehead atoms. The first kappa shape index (κ1) is 21.7. The predicted octanol–water partition coefficient (Wildman–Crippen LogP) is 4.99. The number of nitrogens with one attached hydrogen (secondary N) is 3. The number of alkyl halides is 3. The maximum Gasteiger partial charge on any atom is 0.417 e. The Morgan fingerprint density at radius 3 is 2.50 bits per heavy atom. The van der Waals surface area contributed by atoms with Gasteiger partial charge < -0.3 is 11.1 Å². The van der Waals surface area contributed by atoms with Gasteiger partial charge in [0, 0.05) is 10.2 Å². The molecule has 30 heavy (non-hydrogen) atoms. The van der Waals surface area contributed by atoms with Gasteiger partial charge in [-0.3, -0.25) is 15.6 Å². The lowest BCUT2D eigenvalue weighted by molar-refractivity contribution is -0.137. The first-order valence-electron chi connectivity index (χ1n) is 8.22. The number of benzene rings is 2. The fraction of sp³-hybridized carbons (Fsp3) is 0.0556. The summed E-state index contributed by atoms with van der Waals surface area (Å²) in [5, 5.41) is 2.26. The summed E-state index contributed by atoms with van der Waals surface area (Å²) < 4.78 is 39.7. The lowest BCUT2D eigenvalue weighted by Crippen LogP contribution is -2.30. The first-order chi connectivity index (χ1) is 14.2. The number of carbonyl (C=O) groups excluding carboxylic acids is 1. The zero-order valence-corrected chi connectivity index (χ0v) is 17.2. The van der Waals surface area contributed by atoms with Gasteiger partial charge in [-0.2, -0.15) is 13.2 Å². The average Bonchev–Trinajstić information content (AvgIpc) is 2.69. The molecule has 1 amide bonds. The molecule has 0 saturated carbocycles. The molecule has 12 heteroatoms. The highest BCUT2D eigenvalue weighted by Crippen LogP contribution is 2.37. The lowest BCUT2D eigenvalue weighted by atomic mass is 10.2. The van der Waals surface area contributed by atoms with Gasteiger partial charge in [0.1, 0.15) is 12.0 Å². The topological polar surface area (TPSA) is 105 Å². The van der Waals surface area contributed by atoms with E-state index in [0.717, 1.165) is 18.5 Å². The quantitative estimate of drug-likeness (QED) is 0.367. The van der Waals surface area contributed by atoms with Gasteiger partial charge >= 0.3 is 6.18 Å². The van der Waals surface area contributed by atoms with Crippen molar-refractivity contribution in [3.8, 4) is 0 Å². The smallest absolute Gasteiger partial charge is 0.393 e. The Hall–Kier alpha value is -3.05. The highest BCUT2D eigenvalue weighted by Gasteiger charge is 2.33. The molecule has 5 N–H and O–H groups in total. The van der Waals surface area contributed by atoms with Crippen molar-refractivity contribution in [1.29, 1.82) is 0 Å². The Labute approximate surface area is 182 Å². The molecule has 0 fully saturated rings. The van der Waals surface area contributed by atoms with E-state index >= 15 is 0 Å². The minimum atomic E-state index is -4.62. The molecule has 1 heterocycles. The van der Waals surface area contributed by atoms with E-state index in [-0.39, 0.29) is 23.0 Å². The Balaban J connectivity index is 1.77. The lowest BCUT2D eigenvalue weighted by Gasteiger charge is -2.15. The summed E-state index contributed by atoms with van der Waals surface area (Å²) in [4.78, 5) is 20.1. The van der Waals surface area contributed by atoms with Crippen LogP contribution in [0.15, 0.2) is 53.3 Å². The minimum Gasteiger partial charge on any atom is -0.393 e. The van der Waals surface area contributed by atoms with Gasteiger partial charge in [-0.25, -0.2) is 9.97 Å². The van der Waals surface area contributed by atoms with Gasteiger partial charge in [0.25, 0.3) is 5.91 Å². The van der Waals surface area contributed by atoms with E-state index in [9.17, 15) is 18.0 Å². The molecule has 0 radical (unpaired) electrons. The number of halogens is 5. The number of carbonyl (C=O) groups is 1. The maximum atomic E-state index is 13.0. The second-order valence-corrected chi connectivity index (χ2v) is 7.12. The van der Waals surface area contributed by atoms with E-state index in [4.69, 9.17) is 17.3 Å². The van der Waals surface area contributed by atoms with Crippen molar-refractivity contribution in [2.45, 2.75) is 6.18 Å². The van der Waals surface area contributed by atoms with Crippen molar-refractivity contribution in [3.63, 3.8) is 0 Å². The Bertz CT molecular complexity index is 1100. The van der Waals surface area contributed by atoms with E-state index in [1.54, 1.807) is 24.3 Å². The number of hydrazine groups is 1. The second-order valence-electron chi connectivity index (χ2n) is 5.86. The van der Waals surface area contributed by atoms with E-state index in [1.165, 1.54) is 6.07 Å². The standard InChI is InChI=1S/C18H13BrClF3N6O/c19-12-4-2-1-3-10(12)17(30)29-28-16-14(24)15(25-8-26-16)27-9-5-6-13(20)11(7-9)18(21,22)23/h1-8H,24H2,(H,29,30)(H2,25,26,27,28). The number of hydrogen-bond donors (Lipinski definition) is 4. The van der Waals surface area contributed by atoms with Crippen molar-refractivity contribution in [3.05, 3.63) is 69.4 Å². The summed E-state index contributed by atoms with van der Waals surface area (Å²) >= 11 is 8.89. The van der Waals surface area contributed by atoms with Crippen LogP contribution >= 0.6 is 27.5 Å². The van der Waals surface area contributed by atoms with Crippen LogP contribution in [0.1, 0.15) is 15.9 Å². The predicted molar refractivity (Wildman–Crippen MR) is 111 cm³/mol. The summed E-state index contributed by atoms with van der Waals surface area (Å²) in [7, 11) is 0. The third kappa shape index (κ3) is 4.92. The van der Waals surface area contributed by atoms with Gasteiger partial charge in [0.2, 0.25) is 0 Å². The molecule has 3 rings (SSSR count). The molecular weight excluding hydrogens is 489 g/mol. The molecule has 0 atom stereocenters. The van der Waals surface area contributed by atoms with E-state index < -0.39 is 22.7 Å². The number of nitrogen functional groups attached to an aromatic ring is 1. The van der Waals surface area contributed by atoms with Gasteiger partial charge in [-0.15, -0.1) is 0 Å². The van der Waals surface area contributed by atoms with Gasteiger partial charge in [-0.05, 0) is 46.3 Å². The van der Waals surface area contributed by atoms with Crippen LogP contribution in [-0.4, -0.2) is 15.9 Å². The number of amides is 1. The number of hydrogen-bond acceptors (Lipinski definition) is 6. The molecule has 7 nitrogen and oxygen atoms in total.